The molecule has 5 amide bonds. The van der Waals surface area contributed by atoms with Crippen molar-refractivity contribution in [3.63, 3.8) is 0 Å². The first kappa shape index (κ1) is 23.8. The van der Waals surface area contributed by atoms with Crippen LogP contribution in [0.1, 0.15) is 21.5 Å². The van der Waals surface area contributed by atoms with E-state index in [0.29, 0.717) is 27.8 Å². The van der Waals surface area contributed by atoms with E-state index >= 15 is 0 Å². The third kappa shape index (κ3) is 5.59. The Hall–Kier alpha value is -4.37. The van der Waals surface area contributed by atoms with Crippen LogP contribution in [0.4, 0.5) is 4.79 Å². The van der Waals surface area contributed by atoms with Gasteiger partial charge in [0.05, 0.1) is 19.2 Å². The van der Waals surface area contributed by atoms with E-state index in [4.69, 9.17) is 21.1 Å². The maximum atomic E-state index is 12.9. The Morgan fingerprint density at radius 1 is 0.943 bits per heavy atom. The predicted octanol–water partition coefficient (Wildman–Crippen LogP) is 3.65. The van der Waals surface area contributed by atoms with E-state index in [1.54, 1.807) is 48.5 Å². The summed E-state index contributed by atoms with van der Waals surface area (Å²) in [6.45, 7) is 0.0880. The normalized spacial score (nSPS) is 13.0. The van der Waals surface area contributed by atoms with Gasteiger partial charge in [-0.2, -0.15) is 0 Å². The number of methoxy groups -OCH3 is 1. The van der Waals surface area contributed by atoms with Crippen molar-refractivity contribution in [1.29, 1.82) is 0 Å². The molecule has 1 aliphatic heterocycles. The van der Waals surface area contributed by atoms with Crippen molar-refractivity contribution in [2.24, 2.45) is 0 Å². The number of nitrogens with one attached hydrogen (secondary N) is 2. The van der Waals surface area contributed by atoms with Crippen molar-refractivity contribution in [3.05, 3.63) is 88.4 Å². The second-order valence-corrected chi connectivity index (χ2v) is 8.00. The Morgan fingerprint density at radius 3 is 2.17 bits per heavy atom. The Morgan fingerprint density at radius 2 is 1.57 bits per heavy atom. The molecular weight excluding hydrogens is 474 g/mol. The van der Waals surface area contributed by atoms with E-state index in [0.717, 1.165) is 10.5 Å². The van der Waals surface area contributed by atoms with Gasteiger partial charge in [0.15, 0.2) is 0 Å². The van der Waals surface area contributed by atoms with E-state index in [-0.39, 0.29) is 18.7 Å². The van der Waals surface area contributed by atoms with Crippen LogP contribution in [0, 0.1) is 0 Å². The molecule has 0 saturated carbocycles. The molecule has 1 saturated heterocycles. The lowest BCUT2D eigenvalue weighted by molar-refractivity contribution is -0.140. The van der Waals surface area contributed by atoms with E-state index in [1.807, 2.05) is 17.4 Å². The largest absolute Gasteiger partial charge is 0.496 e. The minimum absolute atomic E-state index is 0.157. The highest BCUT2D eigenvalue weighted by molar-refractivity contribution is 6.44. The molecule has 9 nitrogen and oxygen atoms in total. The van der Waals surface area contributed by atoms with Crippen molar-refractivity contribution in [2.75, 3.05) is 7.11 Å². The first-order valence-electron chi connectivity index (χ1n) is 10.5. The number of ether oxygens (including phenoxy) is 2. The summed E-state index contributed by atoms with van der Waals surface area (Å²) >= 11 is 5.88. The molecular formula is C25H20ClN3O6. The minimum atomic E-state index is -0.980. The van der Waals surface area contributed by atoms with E-state index < -0.39 is 23.8 Å². The van der Waals surface area contributed by atoms with Gasteiger partial charge < -0.3 is 14.8 Å². The first-order valence-corrected chi connectivity index (χ1v) is 10.9. The van der Waals surface area contributed by atoms with Crippen LogP contribution in [-0.2, 0) is 22.7 Å². The minimum Gasteiger partial charge on any atom is -0.496 e. The summed E-state index contributed by atoms with van der Waals surface area (Å²) < 4.78 is 11.0. The molecule has 3 aromatic carbocycles. The Balaban J connectivity index is 1.40. The molecule has 0 atom stereocenters. The Labute approximate surface area is 205 Å². The zero-order valence-corrected chi connectivity index (χ0v) is 19.3. The lowest BCUT2D eigenvalue weighted by atomic mass is 10.1. The molecule has 0 radical (unpaired) electrons. The molecule has 0 aromatic heterocycles. The molecule has 35 heavy (non-hydrogen) atoms. The smallest absolute Gasteiger partial charge is 0.331 e. The zero-order chi connectivity index (χ0) is 24.9. The number of benzene rings is 3. The van der Waals surface area contributed by atoms with Crippen molar-refractivity contribution >= 4 is 35.4 Å². The highest BCUT2D eigenvalue weighted by Gasteiger charge is 2.36. The number of amides is 5. The Bertz CT molecular complexity index is 1290. The molecule has 1 aliphatic rings. The van der Waals surface area contributed by atoms with Crippen molar-refractivity contribution in [1.82, 2.24) is 15.5 Å². The van der Waals surface area contributed by atoms with Crippen LogP contribution in [0.15, 0.2) is 66.7 Å². The lowest BCUT2D eigenvalue weighted by Gasteiger charge is -2.14. The van der Waals surface area contributed by atoms with Crippen LogP contribution in [0.25, 0.3) is 0 Å². The number of carbonyl (C=O) groups excluding carboxylic acids is 4. The monoisotopic (exact) mass is 493 g/mol. The molecule has 0 spiro atoms. The van der Waals surface area contributed by atoms with Gasteiger partial charge in [0.1, 0.15) is 17.2 Å². The Kier molecular flexibility index (Phi) is 6.98. The van der Waals surface area contributed by atoms with Crippen LogP contribution in [0.3, 0.4) is 0 Å². The number of halogens is 1. The van der Waals surface area contributed by atoms with Gasteiger partial charge >= 0.3 is 17.8 Å². The van der Waals surface area contributed by atoms with Crippen LogP contribution in [0.5, 0.6) is 17.2 Å². The van der Waals surface area contributed by atoms with Gasteiger partial charge in [-0.15, -0.1) is 0 Å². The van der Waals surface area contributed by atoms with E-state index in [1.165, 1.54) is 13.2 Å². The van der Waals surface area contributed by atoms with Gasteiger partial charge in [0.25, 0.3) is 5.91 Å². The molecule has 0 aliphatic carbocycles. The van der Waals surface area contributed by atoms with Crippen LogP contribution < -0.4 is 20.1 Å². The summed E-state index contributed by atoms with van der Waals surface area (Å²) in [7, 11) is 1.43. The van der Waals surface area contributed by atoms with Crippen LogP contribution >= 0.6 is 11.6 Å². The van der Waals surface area contributed by atoms with Gasteiger partial charge in [-0.3, -0.25) is 24.6 Å². The highest BCUT2D eigenvalue weighted by atomic mass is 35.5. The van der Waals surface area contributed by atoms with E-state index in [9.17, 15) is 19.2 Å². The lowest BCUT2D eigenvalue weighted by Crippen LogP contribution is -2.30. The van der Waals surface area contributed by atoms with Gasteiger partial charge in [0, 0.05) is 11.6 Å². The van der Waals surface area contributed by atoms with Crippen molar-refractivity contribution in [3.8, 4) is 17.2 Å². The second-order valence-electron chi connectivity index (χ2n) is 7.57. The van der Waals surface area contributed by atoms with Crippen LogP contribution in [-0.4, -0.2) is 35.8 Å². The summed E-state index contributed by atoms with van der Waals surface area (Å²) in [5, 5.41) is 5.38. The average Bonchev–Trinajstić information content (AvgIpc) is 3.10. The third-order valence-corrected chi connectivity index (χ3v) is 5.43. The number of hydrogen-bond donors (Lipinski definition) is 2. The van der Waals surface area contributed by atoms with Gasteiger partial charge in [0.2, 0.25) is 0 Å². The van der Waals surface area contributed by atoms with Gasteiger partial charge in [-0.25, -0.2) is 4.79 Å². The quantitative estimate of drug-likeness (QED) is 0.366. The predicted molar refractivity (Wildman–Crippen MR) is 126 cm³/mol. The fourth-order valence-corrected chi connectivity index (χ4v) is 3.51. The molecule has 1 fully saturated rings. The standard InChI is InChI=1S/C25H20ClN3O6/c1-34-21-11-4-16(14-29-24(32)23(31)28-25(29)33)12-20(21)22(30)27-13-15-2-7-18(8-3-15)35-19-9-5-17(26)6-10-19/h2-12H,13-14H2,1H3,(H,27,30)(H,28,31,33). The maximum Gasteiger partial charge on any atom is 0.331 e. The molecule has 4 rings (SSSR count). The van der Waals surface area contributed by atoms with Crippen LogP contribution in [0.2, 0.25) is 5.02 Å². The van der Waals surface area contributed by atoms with Crippen molar-refractivity contribution < 1.29 is 28.7 Å². The number of imide groups is 2. The van der Waals surface area contributed by atoms with Gasteiger partial charge in [-0.05, 0) is 59.7 Å². The first-order chi connectivity index (χ1) is 16.8. The molecule has 10 heteroatoms. The second kappa shape index (κ2) is 10.3. The number of hydrogen-bond acceptors (Lipinski definition) is 6. The SMILES string of the molecule is COc1ccc(CN2C(=O)NC(=O)C2=O)cc1C(=O)NCc1ccc(Oc2ccc(Cl)cc2)cc1. The maximum absolute atomic E-state index is 12.9. The number of rotatable bonds is 8. The molecule has 1 heterocycles. The zero-order valence-electron chi connectivity index (χ0n) is 18.5. The number of nitrogens with zero attached hydrogens (tertiary/aromatic N) is 1. The fourth-order valence-electron chi connectivity index (χ4n) is 3.38. The number of urea groups is 1. The molecule has 0 unspecified atom stereocenters. The van der Waals surface area contributed by atoms with Gasteiger partial charge in [-0.1, -0.05) is 29.8 Å². The molecule has 2 N–H and O–H groups in total. The third-order valence-electron chi connectivity index (χ3n) is 5.18. The topological polar surface area (TPSA) is 114 Å². The molecule has 178 valence electrons. The fraction of sp³-hybridized carbons (Fsp3) is 0.120. The average molecular weight is 494 g/mol. The summed E-state index contributed by atoms with van der Waals surface area (Å²) in [5.41, 5.74) is 1.55. The summed E-state index contributed by atoms with van der Waals surface area (Å²) in [6.07, 6.45) is 0. The highest BCUT2D eigenvalue weighted by Crippen LogP contribution is 2.24. The van der Waals surface area contributed by atoms with E-state index in [2.05, 4.69) is 5.32 Å². The van der Waals surface area contributed by atoms with Crippen molar-refractivity contribution in [2.45, 2.75) is 13.1 Å². The summed E-state index contributed by atoms with van der Waals surface area (Å²) in [6, 6.07) is 18.1. The molecule has 3 aromatic rings. The molecule has 0 bridgehead atoms. The summed E-state index contributed by atoms with van der Waals surface area (Å²) in [4.78, 5) is 48.7. The summed E-state index contributed by atoms with van der Waals surface area (Å²) in [5.74, 6) is -0.716. The number of carbonyl (C=O) groups is 4.